The standard InChI is InChI=1S/C18H16N2O2S2/c21-18(22)12-5-3-4-11(8-12)9-23-16-15-13-6-1-2-7-14(13)24-17(15)20-10-19-16/h3-5,8,10H,1-2,6-7,9H2,(H,21,22). The van der Waals surface area contributed by atoms with Crippen LogP contribution in [0.1, 0.15) is 39.2 Å². The summed E-state index contributed by atoms with van der Waals surface area (Å²) in [6.07, 6.45) is 6.41. The molecule has 0 radical (unpaired) electrons. The summed E-state index contributed by atoms with van der Waals surface area (Å²) in [7, 11) is 0. The summed E-state index contributed by atoms with van der Waals surface area (Å²) in [5, 5.41) is 11.3. The summed E-state index contributed by atoms with van der Waals surface area (Å²) >= 11 is 3.46. The molecule has 0 fully saturated rings. The van der Waals surface area contributed by atoms with Gasteiger partial charge in [-0.15, -0.1) is 23.1 Å². The van der Waals surface area contributed by atoms with Crippen LogP contribution in [0.2, 0.25) is 0 Å². The Hall–Kier alpha value is -1.92. The minimum atomic E-state index is -0.891. The molecule has 0 saturated carbocycles. The zero-order valence-electron chi connectivity index (χ0n) is 13.0. The van der Waals surface area contributed by atoms with Crippen LogP contribution in [0.15, 0.2) is 35.6 Å². The third-order valence-electron chi connectivity index (χ3n) is 4.27. The van der Waals surface area contributed by atoms with Crippen molar-refractivity contribution in [2.45, 2.75) is 36.5 Å². The first kappa shape index (κ1) is 15.6. The molecule has 4 rings (SSSR count). The molecule has 1 N–H and O–H groups in total. The zero-order chi connectivity index (χ0) is 16.5. The van der Waals surface area contributed by atoms with Gasteiger partial charge in [0.2, 0.25) is 0 Å². The van der Waals surface area contributed by atoms with Crippen LogP contribution in [0, 0.1) is 0 Å². The van der Waals surface area contributed by atoms with E-state index in [1.165, 1.54) is 28.7 Å². The first-order valence-corrected chi connectivity index (χ1v) is 9.73. The van der Waals surface area contributed by atoms with Crippen molar-refractivity contribution in [1.29, 1.82) is 0 Å². The molecule has 0 amide bonds. The lowest BCUT2D eigenvalue weighted by atomic mass is 9.97. The van der Waals surface area contributed by atoms with Crippen molar-refractivity contribution < 1.29 is 9.90 Å². The average Bonchev–Trinajstić information content (AvgIpc) is 2.99. The first-order chi connectivity index (χ1) is 11.7. The Morgan fingerprint density at radius 1 is 1.25 bits per heavy atom. The number of aromatic carboxylic acids is 1. The van der Waals surface area contributed by atoms with Crippen LogP contribution in [-0.2, 0) is 18.6 Å². The van der Waals surface area contributed by atoms with Gasteiger partial charge < -0.3 is 5.11 Å². The number of hydrogen-bond donors (Lipinski definition) is 1. The summed E-state index contributed by atoms with van der Waals surface area (Å²) in [4.78, 5) is 22.6. The van der Waals surface area contributed by atoms with E-state index in [0.717, 1.165) is 28.3 Å². The number of thioether (sulfide) groups is 1. The Balaban J connectivity index is 1.64. The molecule has 0 saturated heterocycles. The number of aryl methyl sites for hydroxylation is 2. The Morgan fingerprint density at radius 3 is 3.00 bits per heavy atom. The highest BCUT2D eigenvalue weighted by atomic mass is 32.2. The second-order valence-electron chi connectivity index (χ2n) is 5.86. The number of rotatable bonds is 4. The maximum atomic E-state index is 11.1. The molecule has 0 atom stereocenters. The van der Waals surface area contributed by atoms with Crippen molar-refractivity contribution in [1.82, 2.24) is 9.97 Å². The fourth-order valence-corrected chi connectivity index (χ4v) is 5.38. The molecule has 2 aromatic heterocycles. The predicted molar refractivity (Wildman–Crippen MR) is 97.0 cm³/mol. The molecule has 4 nitrogen and oxygen atoms in total. The van der Waals surface area contributed by atoms with E-state index >= 15 is 0 Å². The molecule has 24 heavy (non-hydrogen) atoms. The molecule has 0 bridgehead atoms. The zero-order valence-corrected chi connectivity index (χ0v) is 14.6. The highest BCUT2D eigenvalue weighted by Crippen LogP contribution is 2.39. The second kappa shape index (κ2) is 6.53. The van der Waals surface area contributed by atoms with E-state index in [2.05, 4.69) is 9.97 Å². The fourth-order valence-electron chi connectivity index (χ4n) is 3.12. The van der Waals surface area contributed by atoms with Gasteiger partial charge in [-0.2, -0.15) is 0 Å². The summed E-state index contributed by atoms with van der Waals surface area (Å²) < 4.78 is 0. The molecule has 0 aliphatic heterocycles. The molecule has 2 heterocycles. The number of carboxylic acid groups (broad SMARTS) is 1. The molecular formula is C18H16N2O2S2. The van der Waals surface area contributed by atoms with E-state index in [1.807, 2.05) is 6.07 Å². The number of fused-ring (bicyclic) bond motifs is 3. The monoisotopic (exact) mass is 356 g/mol. The Kier molecular flexibility index (Phi) is 4.24. The minimum absolute atomic E-state index is 0.328. The Labute approximate surface area is 148 Å². The van der Waals surface area contributed by atoms with Gasteiger partial charge in [0, 0.05) is 16.0 Å². The van der Waals surface area contributed by atoms with E-state index in [-0.39, 0.29) is 0 Å². The molecule has 1 aliphatic rings. The van der Waals surface area contributed by atoms with Gasteiger partial charge in [0.05, 0.1) is 5.56 Å². The number of thiophene rings is 1. The van der Waals surface area contributed by atoms with E-state index in [9.17, 15) is 4.79 Å². The van der Waals surface area contributed by atoms with Crippen LogP contribution < -0.4 is 0 Å². The summed E-state index contributed by atoms with van der Waals surface area (Å²) in [5.41, 5.74) is 2.76. The molecule has 1 aliphatic carbocycles. The van der Waals surface area contributed by atoms with E-state index in [1.54, 1.807) is 47.6 Å². The van der Waals surface area contributed by atoms with E-state index in [0.29, 0.717) is 11.3 Å². The minimum Gasteiger partial charge on any atom is -0.478 e. The van der Waals surface area contributed by atoms with Crippen LogP contribution in [0.3, 0.4) is 0 Å². The third kappa shape index (κ3) is 2.91. The van der Waals surface area contributed by atoms with Crippen molar-refractivity contribution in [3.63, 3.8) is 0 Å². The maximum Gasteiger partial charge on any atom is 0.335 e. The van der Waals surface area contributed by atoms with E-state index < -0.39 is 5.97 Å². The lowest BCUT2D eigenvalue weighted by Gasteiger charge is -2.11. The number of hydrogen-bond acceptors (Lipinski definition) is 5. The quantitative estimate of drug-likeness (QED) is 0.548. The van der Waals surface area contributed by atoms with Gasteiger partial charge in [0.15, 0.2) is 0 Å². The third-order valence-corrected chi connectivity index (χ3v) is 6.53. The molecule has 0 spiro atoms. The normalized spacial score (nSPS) is 13.8. The summed E-state index contributed by atoms with van der Waals surface area (Å²) in [5.74, 6) is -0.184. The smallest absolute Gasteiger partial charge is 0.335 e. The molecule has 3 aromatic rings. The summed E-state index contributed by atoms with van der Waals surface area (Å²) in [6.45, 7) is 0. The first-order valence-electron chi connectivity index (χ1n) is 7.92. The van der Waals surface area contributed by atoms with Crippen LogP contribution in [0.5, 0.6) is 0 Å². The van der Waals surface area contributed by atoms with Crippen LogP contribution in [-0.4, -0.2) is 21.0 Å². The van der Waals surface area contributed by atoms with Crippen molar-refractivity contribution >= 4 is 39.3 Å². The van der Waals surface area contributed by atoms with Gasteiger partial charge in [0.25, 0.3) is 0 Å². The second-order valence-corrected chi connectivity index (χ2v) is 7.91. The van der Waals surface area contributed by atoms with Gasteiger partial charge >= 0.3 is 5.97 Å². The lowest BCUT2D eigenvalue weighted by molar-refractivity contribution is 0.0697. The topological polar surface area (TPSA) is 63.1 Å². The van der Waals surface area contributed by atoms with Gasteiger partial charge in [-0.1, -0.05) is 12.1 Å². The van der Waals surface area contributed by atoms with Crippen molar-refractivity contribution in [2.24, 2.45) is 0 Å². The predicted octanol–water partition coefficient (Wildman–Crippen LogP) is 4.56. The van der Waals surface area contributed by atoms with Gasteiger partial charge in [-0.3, -0.25) is 0 Å². The molecule has 6 heteroatoms. The molecular weight excluding hydrogens is 340 g/mol. The molecule has 1 aromatic carbocycles. The largest absolute Gasteiger partial charge is 0.478 e. The SMILES string of the molecule is O=C(O)c1cccc(CSc2ncnc3sc4c(c23)CCCC4)c1. The number of aromatic nitrogens is 2. The van der Waals surface area contributed by atoms with Crippen molar-refractivity contribution in [2.75, 3.05) is 0 Å². The van der Waals surface area contributed by atoms with Crippen LogP contribution >= 0.6 is 23.1 Å². The van der Waals surface area contributed by atoms with Gasteiger partial charge in [0.1, 0.15) is 16.2 Å². The average molecular weight is 356 g/mol. The van der Waals surface area contributed by atoms with Crippen LogP contribution in [0.4, 0.5) is 0 Å². The number of carbonyl (C=O) groups is 1. The lowest BCUT2D eigenvalue weighted by Crippen LogP contribution is -1.99. The van der Waals surface area contributed by atoms with E-state index in [4.69, 9.17) is 5.11 Å². The fraction of sp³-hybridized carbons (Fsp3) is 0.278. The molecule has 0 unspecified atom stereocenters. The highest BCUT2D eigenvalue weighted by molar-refractivity contribution is 7.98. The Morgan fingerprint density at radius 2 is 2.12 bits per heavy atom. The van der Waals surface area contributed by atoms with Gasteiger partial charge in [-0.05, 0) is 48.9 Å². The molecule has 122 valence electrons. The maximum absolute atomic E-state index is 11.1. The summed E-state index contributed by atoms with van der Waals surface area (Å²) in [6, 6.07) is 7.10. The number of carboxylic acids is 1. The van der Waals surface area contributed by atoms with Crippen LogP contribution in [0.25, 0.3) is 10.2 Å². The number of benzene rings is 1. The van der Waals surface area contributed by atoms with Crippen molar-refractivity contribution in [3.8, 4) is 0 Å². The van der Waals surface area contributed by atoms with Gasteiger partial charge in [-0.25, -0.2) is 14.8 Å². The highest BCUT2D eigenvalue weighted by Gasteiger charge is 2.20. The van der Waals surface area contributed by atoms with Crippen molar-refractivity contribution in [3.05, 3.63) is 52.2 Å². The Bertz CT molecular complexity index is 921. The number of nitrogens with zero attached hydrogens (tertiary/aromatic N) is 2.